The molecule has 0 bridgehead atoms. The van der Waals surface area contributed by atoms with E-state index in [0.29, 0.717) is 5.69 Å². The Labute approximate surface area is 91.4 Å². The number of H-pyrrole nitrogens is 1. The second-order valence-corrected chi connectivity index (χ2v) is 3.12. The minimum Gasteiger partial charge on any atom is -0.476 e. The molecule has 0 amide bonds. The Kier molecular flexibility index (Phi) is 2.77. The second kappa shape index (κ2) is 4.39. The third kappa shape index (κ3) is 2.14. The Morgan fingerprint density at radius 1 is 1.25 bits per heavy atom. The molecule has 1 aromatic carbocycles. The smallest absolute Gasteiger partial charge is 0.358 e. The zero-order valence-electron chi connectivity index (χ0n) is 8.29. The van der Waals surface area contributed by atoms with Gasteiger partial charge in [0, 0.05) is 0 Å². The number of carbonyl (C=O) groups is 1. The van der Waals surface area contributed by atoms with Gasteiger partial charge in [0.2, 0.25) is 0 Å². The van der Waals surface area contributed by atoms with Gasteiger partial charge in [-0.15, -0.1) is 5.10 Å². The van der Waals surface area contributed by atoms with Crippen molar-refractivity contribution in [2.24, 2.45) is 0 Å². The van der Waals surface area contributed by atoms with Gasteiger partial charge in [-0.25, -0.2) is 4.79 Å². The van der Waals surface area contributed by atoms with Gasteiger partial charge in [0.05, 0.1) is 5.69 Å². The van der Waals surface area contributed by atoms with Crippen molar-refractivity contribution in [3.05, 3.63) is 47.3 Å². The molecule has 0 saturated heterocycles. The molecule has 2 rings (SSSR count). The number of hydrogen-bond donors (Lipinski definition) is 2. The van der Waals surface area contributed by atoms with Crippen molar-refractivity contribution < 1.29 is 9.90 Å². The summed E-state index contributed by atoms with van der Waals surface area (Å²) in [5, 5.41) is 18.2. The predicted octanol–water partition coefficient (Wildman–Crippen LogP) is 1.67. The summed E-state index contributed by atoms with van der Waals surface area (Å²) in [4.78, 5) is 10.7. The summed E-state index contributed by atoms with van der Waals surface area (Å²) in [6, 6.07) is 9.56. The molecule has 2 N–H and O–H groups in total. The van der Waals surface area contributed by atoms with Gasteiger partial charge in [-0.05, 0) is 11.6 Å². The average molecular weight is 215 g/mol. The highest BCUT2D eigenvalue weighted by molar-refractivity contribution is 5.90. The third-order valence-electron chi connectivity index (χ3n) is 2.02. The van der Waals surface area contributed by atoms with Crippen molar-refractivity contribution in [1.29, 1.82) is 0 Å². The fraction of sp³-hybridized carbons (Fsp3) is 0. The van der Waals surface area contributed by atoms with Crippen LogP contribution in [-0.4, -0.2) is 26.5 Å². The van der Waals surface area contributed by atoms with E-state index in [2.05, 4.69) is 15.4 Å². The van der Waals surface area contributed by atoms with E-state index in [4.69, 9.17) is 5.11 Å². The molecular weight excluding hydrogens is 206 g/mol. The lowest BCUT2D eigenvalue weighted by molar-refractivity contribution is 0.0690. The number of nitrogens with zero attached hydrogens (tertiary/aromatic N) is 2. The highest BCUT2D eigenvalue weighted by Gasteiger charge is 2.11. The van der Waals surface area contributed by atoms with Crippen LogP contribution in [0.2, 0.25) is 0 Å². The van der Waals surface area contributed by atoms with Crippen molar-refractivity contribution in [2.45, 2.75) is 0 Å². The molecule has 0 saturated carbocycles. The lowest BCUT2D eigenvalue weighted by Crippen LogP contribution is -1.98. The molecular formula is C11H9N3O2. The molecule has 0 radical (unpaired) electrons. The Bertz CT molecular complexity index is 517. The molecule has 2 aromatic rings. The number of carboxylic acids is 1. The van der Waals surface area contributed by atoms with E-state index in [1.165, 1.54) is 0 Å². The molecule has 1 aromatic heterocycles. The van der Waals surface area contributed by atoms with Gasteiger partial charge in [0.15, 0.2) is 5.69 Å². The molecule has 0 fully saturated rings. The van der Waals surface area contributed by atoms with E-state index in [-0.39, 0.29) is 5.69 Å². The van der Waals surface area contributed by atoms with E-state index in [9.17, 15) is 4.79 Å². The van der Waals surface area contributed by atoms with Gasteiger partial charge in [-0.1, -0.05) is 41.6 Å². The molecule has 5 heteroatoms. The number of aromatic nitrogens is 3. The van der Waals surface area contributed by atoms with Crippen LogP contribution in [0.3, 0.4) is 0 Å². The van der Waals surface area contributed by atoms with Crippen LogP contribution in [0.4, 0.5) is 0 Å². The maximum Gasteiger partial charge on any atom is 0.358 e. The fourth-order valence-corrected chi connectivity index (χ4v) is 1.25. The van der Waals surface area contributed by atoms with Crippen molar-refractivity contribution >= 4 is 18.1 Å². The molecule has 16 heavy (non-hydrogen) atoms. The SMILES string of the molecule is O=C(O)c1nn[nH]c1/C=C/c1ccccc1. The van der Waals surface area contributed by atoms with Crippen LogP contribution in [0.5, 0.6) is 0 Å². The largest absolute Gasteiger partial charge is 0.476 e. The summed E-state index contributed by atoms with van der Waals surface area (Å²) < 4.78 is 0. The van der Waals surface area contributed by atoms with Crippen LogP contribution in [0.25, 0.3) is 12.2 Å². The van der Waals surface area contributed by atoms with E-state index in [1.54, 1.807) is 12.2 Å². The van der Waals surface area contributed by atoms with Gasteiger partial charge in [-0.2, -0.15) is 0 Å². The Morgan fingerprint density at radius 2 is 2.00 bits per heavy atom. The van der Waals surface area contributed by atoms with Crippen LogP contribution < -0.4 is 0 Å². The van der Waals surface area contributed by atoms with E-state index in [1.807, 2.05) is 30.3 Å². The highest BCUT2D eigenvalue weighted by atomic mass is 16.4. The van der Waals surface area contributed by atoms with Gasteiger partial charge in [0.25, 0.3) is 0 Å². The lowest BCUT2D eigenvalue weighted by atomic mass is 10.2. The van der Waals surface area contributed by atoms with Crippen LogP contribution in [0, 0.1) is 0 Å². The van der Waals surface area contributed by atoms with Crippen molar-refractivity contribution in [3.8, 4) is 0 Å². The van der Waals surface area contributed by atoms with E-state index in [0.717, 1.165) is 5.56 Å². The van der Waals surface area contributed by atoms with Gasteiger partial charge in [0.1, 0.15) is 0 Å². The van der Waals surface area contributed by atoms with Crippen LogP contribution in [0.15, 0.2) is 30.3 Å². The molecule has 0 spiro atoms. The molecule has 0 aliphatic rings. The van der Waals surface area contributed by atoms with Gasteiger partial charge in [-0.3, -0.25) is 5.10 Å². The molecule has 0 atom stereocenters. The maximum atomic E-state index is 10.7. The van der Waals surface area contributed by atoms with Gasteiger partial charge < -0.3 is 5.11 Å². The zero-order chi connectivity index (χ0) is 11.4. The summed E-state index contributed by atoms with van der Waals surface area (Å²) in [6.07, 6.45) is 3.43. The lowest BCUT2D eigenvalue weighted by Gasteiger charge is -1.91. The van der Waals surface area contributed by atoms with Crippen LogP contribution >= 0.6 is 0 Å². The second-order valence-electron chi connectivity index (χ2n) is 3.12. The van der Waals surface area contributed by atoms with Gasteiger partial charge >= 0.3 is 5.97 Å². The summed E-state index contributed by atoms with van der Waals surface area (Å²) in [6.45, 7) is 0. The van der Waals surface area contributed by atoms with Crippen molar-refractivity contribution in [3.63, 3.8) is 0 Å². The first-order chi connectivity index (χ1) is 7.77. The minimum atomic E-state index is -1.10. The number of benzene rings is 1. The summed E-state index contributed by atoms with van der Waals surface area (Å²) in [7, 11) is 0. The monoisotopic (exact) mass is 215 g/mol. The molecule has 80 valence electrons. The minimum absolute atomic E-state index is 0.0767. The molecule has 0 unspecified atom stereocenters. The summed E-state index contributed by atoms with van der Waals surface area (Å²) in [5.74, 6) is -1.10. The van der Waals surface area contributed by atoms with E-state index >= 15 is 0 Å². The van der Waals surface area contributed by atoms with Crippen LogP contribution in [-0.2, 0) is 0 Å². The van der Waals surface area contributed by atoms with Crippen molar-refractivity contribution in [1.82, 2.24) is 15.4 Å². The Morgan fingerprint density at radius 3 is 2.69 bits per heavy atom. The molecule has 0 aliphatic carbocycles. The Balaban J connectivity index is 2.24. The number of aromatic amines is 1. The number of nitrogens with one attached hydrogen (secondary N) is 1. The quantitative estimate of drug-likeness (QED) is 0.816. The number of hydrogen-bond acceptors (Lipinski definition) is 3. The van der Waals surface area contributed by atoms with Crippen LogP contribution in [0.1, 0.15) is 21.7 Å². The first-order valence-corrected chi connectivity index (χ1v) is 4.65. The number of aromatic carboxylic acids is 1. The third-order valence-corrected chi connectivity index (χ3v) is 2.02. The fourth-order valence-electron chi connectivity index (χ4n) is 1.25. The predicted molar refractivity (Wildman–Crippen MR) is 58.7 cm³/mol. The normalized spacial score (nSPS) is 10.8. The standard InChI is InChI=1S/C11H9N3O2/c15-11(16)10-9(12-14-13-10)7-6-8-4-2-1-3-5-8/h1-7H,(H,15,16)(H,12,13,14)/b7-6+. The summed E-state index contributed by atoms with van der Waals surface area (Å²) >= 11 is 0. The molecule has 5 nitrogen and oxygen atoms in total. The maximum absolute atomic E-state index is 10.7. The average Bonchev–Trinajstić information content (AvgIpc) is 2.76. The van der Waals surface area contributed by atoms with E-state index < -0.39 is 5.97 Å². The van der Waals surface area contributed by atoms with Crippen molar-refractivity contribution in [2.75, 3.05) is 0 Å². The topological polar surface area (TPSA) is 78.9 Å². The first kappa shape index (κ1) is 10.1. The zero-order valence-corrected chi connectivity index (χ0v) is 8.29. The molecule has 0 aliphatic heterocycles. The number of rotatable bonds is 3. The molecule has 1 heterocycles. The summed E-state index contributed by atoms with van der Waals surface area (Å²) in [5.41, 5.74) is 1.29. The highest BCUT2D eigenvalue weighted by Crippen LogP contribution is 2.08. The number of carboxylic acid groups (broad SMARTS) is 1. The Hall–Kier alpha value is -2.43. The first-order valence-electron chi connectivity index (χ1n) is 4.65.